The van der Waals surface area contributed by atoms with Crippen LogP contribution in [-0.2, 0) is 14.3 Å². The Morgan fingerprint density at radius 1 is 1.03 bits per heavy atom. The highest BCUT2D eigenvalue weighted by Gasteiger charge is 2.27. The van der Waals surface area contributed by atoms with E-state index in [0.29, 0.717) is 28.4 Å². The summed E-state index contributed by atoms with van der Waals surface area (Å²) in [4.78, 5) is 40.1. The van der Waals surface area contributed by atoms with Crippen LogP contribution in [0.4, 0.5) is 5.69 Å². The van der Waals surface area contributed by atoms with E-state index in [9.17, 15) is 14.4 Å². The Bertz CT molecular complexity index is 993. The number of H-pyrrole nitrogens is 1. The molecule has 2 aromatic rings. The van der Waals surface area contributed by atoms with Gasteiger partial charge >= 0.3 is 11.9 Å². The molecule has 1 amide bonds. The summed E-state index contributed by atoms with van der Waals surface area (Å²) in [5, 5.41) is 2.66. The molecule has 9 heteroatoms. The van der Waals surface area contributed by atoms with Gasteiger partial charge in [0, 0.05) is 17.4 Å². The third-order valence-corrected chi connectivity index (χ3v) is 4.48. The Balaban J connectivity index is 1.66. The number of fused-ring (bicyclic) bond motifs is 1. The third-order valence-electron chi connectivity index (χ3n) is 4.48. The number of rotatable bonds is 6. The van der Waals surface area contributed by atoms with E-state index in [4.69, 9.17) is 18.9 Å². The van der Waals surface area contributed by atoms with E-state index < -0.39 is 23.9 Å². The van der Waals surface area contributed by atoms with Gasteiger partial charge in [0.05, 0.1) is 11.7 Å². The summed E-state index contributed by atoms with van der Waals surface area (Å²) in [5.74, 6) is -0.661. The van der Waals surface area contributed by atoms with Gasteiger partial charge in [-0.05, 0) is 52.3 Å². The minimum atomic E-state index is -1.07. The highest BCUT2D eigenvalue weighted by atomic mass is 16.7. The fourth-order valence-electron chi connectivity index (χ4n) is 3.02. The van der Waals surface area contributed by atoms with E-state index in [1.807, 2.05) is 0 Å². The van der Waals surface area contributed by atoms with Gasteiger partial charge in [-0.25, -0.2) is 9.59 Å². The number of hydrogen-bond donors (Lipinski definition) is 2. The van der Waals surface area contributed by atoms with Crippen molar-refractivity contribution < 1.29 is 33.3 Å². The molecule has 2 heterocycles. The number of carbonyl (C=O) groups is 3. The first-order valence-corrected chi connectivity index (χ1v) is 9.49. The van der Waals surface area contributed by atoms with Gasteiger partial charge in [0.1, 0.15) is 5.69 Å². The molecule has 1 aliphatic rings. The van der Waals surface area contributed by atoms with E-state index in [-0.39, 0.29) is 24.2 Å². The zero-order valence-corrected chi connectivity index (χ0v) is 17.5. The molecule has 3 rings (SSSR count). The number of amides is 1. The first-order chi connectivity index (χ1) is 14.2. The zero-order chi connectivity index (χ0) is 22.0. The summed E-state index contributed by atoms with van der Waals surface area (Å²) >= 11 is 0. The first-order valence-electron chi connectivity index (χ1n) is 9.49. The Morgan fingerprint density at radius 2 is 1.73 bits per heavy atom. The number of carbonyl (C=O) groups excluding carboxylic acids is 3. The predicted molar refractivity (Wildman–Crippen MR) is 107 cm³/mol. The fourth-order valence-corrected chi connectivity index (χ4v) is 3.02. The number of aromatic nitrogens is 1. The average molecular weight is 416 g/mol. The largest absolute Gasteiger partial charge is 0.459 e. The molecule has 0 saturated carbocycles. The van der Waals surface area contributed by atoms with Crippen LogP contribution in [0.3, 0.4) is 0 Å². The van der Waals surface area contributed by atoms with Crippen LogP contribution in [0.1, 0.15) is 52.9 Å². The SMILES string of the molecule is Cc1[nH]c(C(=O)O[C@@H](C)C(=O)Nc2ccc3c(c2)OCO3)c(C)c1C(=O)OC(C)C. The number of ether oxygens (including phenoxy) is 4. The first kappa shape index (κ1) is 21.2. The molecule has 0 bridgehead atoms. The highest BCUT2D eigenvalue weighted by molar-refractivity contribution is 6.00. The van der Waals surface area contributed by atoms with Crippen LogP contribution < -0.4 is 14.8 Å². The molecule has 1 aromatic carbocycles. The van der Waals surface area contributed by atoms with Gasteiger partial charge in [-0.1, -0.05) is 0 Å². The number of hydrogen-bond acceptors (Lipinski definition) is 7. The molecule has 0 spiro atoms. The van der Waals surface area contributed by atoms with Gasteiger partial charge in [0.25, 0.3) is 5.91 Å². The third kappa shape index (κ3) is 4.40. The van der Waals surface area contributed by atoms with Crippen LogP contribution in [0, 0.1) is 13.8 Å². The lowest BCUT2D eigenvalue weighted by atomic mass is 10.1. The Morgan fingerprint density at radius 3 is 2.43 bits per heavy atom. The smallest absolute Gasteiger partial charge is 0.355 e. The van der Waals surface area contributed by atoms with Gasteiger partial charge in [0.15, 0.2) is 17.6 Å². The molecule has 160 valence electrons. The number of aromatic amines is 1. The predicted octanol–water partition coefficient (Wildman–Crippen LogP) is 3.11. The van der Waals surface area contributed by atoms with Gasteiger partial charge in [0.2, 0.25) is 6.79 Å². The van der Waals surface area contributed by atoms with Crippen LogP contribution >= 0.6 is 0 Å². The highest BCUT2D eigenvalue weighted by Crippen LogP contribution is 2.34. The zero-order valence-electron chi connectivity index (χ0n) is 17.5. The summed E-state index contributed by atoms with van der Waals surface area (Å²) in [6.45, 7) is 8.35. The van der Waals surface area contributed by atoms with Gasteiger partial charge in [-0.2, -0.15) is 0 Å². The van der Waals surface area contributed by atoms with Crippen LogP contribution in [0.25, 0.3) is 0 Å². The molecule has 2 N–H and O–H groups in total. The maximum absolute atomic E-state index is 12.6. The molecule has 9 nitrogen and oxygen atoms in total. The maximum Gasteiger partial charge on any atom is 0.355 e. The Kier molecular flexibility index (Phi) is 6.00. The lowest BCUT2D eigenvalue weighted by molar-refractivity contribution is -0.123. The summed E-state index contributed by atoms with van der Waals surface area (Å²) < 4.78 is 21.0. The van der Waals surface area contributed by atoms with Crippen molar-refractivity contribution in [2.75, 3.05) is 12.1 Å². The number of esters is 2. The standard InChI is InChI=1S/C21H24N2O7/c1-10(2)29-20(25)17-11(3)18(22-12(17)4)21(26)30-13(5)19(24)23-14-6-7-15-16(8-14)28-9-27-15/h6-8,10,13,22H,9H2,1-5H3,(H,23,24)/t13-/m0/s1. The van der Waals surface area contributed by atoms with Crippen molar-refractivity contribution in [1.29, 1.82) is 0 Å². The summed E-state index contributed by atoms with van der Waals surface area (Å²) in [6.07, 6.45) is -1.36. The van der Waals surface area contributed by atoms with E-state index in [2.05, 4.69) is 10.3 Å². The topological polar surface area (TPSA) is 116 Å². The summed E-state index contributed by atoms with van der Waals surface area (Å²) in [5.41, 5.74) is 1.77. The van der Waals surface area contributed by atoms with E-state index in [1.54, 1.807) is 45.9 Å². The maximum atomic E-state index is 12.6. The lowest BCUT2D eigenvalue weighted by Crippen LogP contribution is -2.30. The van der Waals surface area contributed by atoms with Crippen molar-refractivity contribution in [1.82, 2.24) is 4.98 Å². The van der Waals surface area contributed by atoms with Gasteiger partial charge in [-0.3, -0.25) is 4.79 Å². The van der Waals surface area contributed by atoms with Crippen molar-refractivity contribution in [2.24, 2.45) is 0 Å². The van der Waals surface area contributed by atoms with Crippen molar-refractivity contribution in [3.8, 4) is 11.5 Å². The number of anilines is 1. The molecule has 0 saturated heterocycles. The van der Waals surface area contributed by atoms with E-state index in [0.717, 1.165) is 0 Å². The second-order valence-electron chi connectivity index (χ2n) is 7.18. The van der Waals surface area contributed by atoms with Crippen molar-refractivity contribution in [2.45, 2.75) is 46.8 Å². The Hall–Kier alpha value is -3.49. The van der Waals surface area contributed by atoms with Crippen LogP contribution in [0.5, 0.6) is 11.5 Å². The molecule has 0 fully saturated rings. The van der Waals surface area contributed by atoms with Crippen molar-refractivity contribution in [3.05, 3.63) is 40.7 Å². The van der Waals surface area contributed by atoms with Crippen molar-refractivity contribution >= 4 is 23.5 Å². The van der Waals surface area contributed by atoms with Gasteiger partial charge < -0.3 is 29.2 Å². The molecule has 30 heavy (non-hydrogen) atoms. The fraction of sp³-hybridized carbons (Fsp3) is 0.381. The lowest BCUT2D eigenvalue weighted by Gasteiger charge is -2.14. The summed E-state index contributed by atoms with van der Waals surface area (Å²) in [7, 11) is 0. The number of nitrogens with one attached hydrogen (secondary N) is 2. The summed E-state index contributed by atoms with van der Waals surface area (Å²) in [6, 6.07) is 4.96. The normalized spacial score (nSPS) is 13.1. The quantitative estimate of drug-likeness (QED) is 0.695. The minimum absolute atomic E-state index is 0.103. The van der Waals surface area contributed by atoms with E-state index in [1.165, 1.54) is 6.92 Å². The number of benzene rings is 1. The van der Waals surface area contributed by atoms with Crippen LogP contribution in [0.15, 0.2) is 18.2 Å². The van der Waals surface area contributed by atoms with Crippen LogP contribution in [-0.4, -0.2) is 41.8 Å². The molecular weight excluding hydrogens is 392 g/mol. The molecular formula is C21H24N2O7. The molecule has 1 aliphatic heterocycles. The number of aryl methyl sites for hydroxylation is 1. The second kappa shape index (κ2) is 8.48. The molecule has 0 aliphatic carbocycles. The average Bonchev–Trinajstić information content (AvgIpc) is 3.24. The van der Waals surface area contributed by atoms with E-state index >= 15 is 0 Å². The van der Waals surface area contributed by atoms with Crippen molar-refractivity contribution in [3.63, 3.8) is 0 Å². The molecule has 1 aromatic heterocycles. The second-order valence-corrected chi connectivity index (χ2v) is 7.18. The molecule has 0 radical (unpaired) electrons. The Labute approximate surface area is 173 Å². The van der Waals surface area contributed by atoms with Crippen LogP contribution in [0.2, 0.25) is 0 Å². The minimum Gasteiger partial charge on any atom is -0.459 e. The monoisotopic (exact) mass is 416 g/mol. The van der Waals surface area contributed by atoms with Gasteiger partial charge in [-0.15, -0.1) is 0 Å². The molecule has 1 atom stereocenters. The molecule has 0 unspecified atom stereocenters.